The van der Waals surface area contributed by atoms with Gasteiger partial charge in [0.15, 0.2) is 5.96 Å². The lowest BCUT2D eigenvalue weighted by Gasteiger charge is -2.33. The van der Waals surface area contributed by atoms with E-state index in [9.17, 15) is 33.6 Å². The molecule has 7 amide bonds. The van der Waals surface area contributed by atoms with Crippen molar-refractivity contribution in [2.24, 2.45) is 33.5 Å². The molecule has 3 aliphatic rings. The first-order valence-electron chi connectivity index (χ1n) is 20.3. The molecule has 1 unspecified atom stereocenters. The molecule has 1 saturated carbocycles. The first-order chi connectivity index (χ1) is 27.5. The van der Waals surface area contributed by atoms with E-state index in [1.54, 1.807) is 20.8 Å². The molecule has 2 heterocycles. The number of carbonyl (C=O) groups excluding carboxylic acids is 7. The van der Waals surface area contributed by atoms with E-state index < -0.39 is 65.2 Å². The van der Waals surface area contributed by atoms with Crippen molar-refractivity contribution < 1.29 is 33.6 Å². The van der Waals surface area contributed by atoms with Crippen molar-refractivity contribution in [1.29, 1.82) is 0 Å². The van der Waals surface area contributed by atoms with Crippen LogP contribution in [0.4, 0.5) is 0 Å². The van der Waals surface area contributed by atoms with Crippen molar-refractivity contribution in [2.45, 2.75) is 127 Å². The summed E-state index contributed by atoms with van der Waals surface area (Å²) in [5.74, 6) is -3.32. The third kappa shape index (κ3) is 13.9. The summed E-state index contributed by atoms with van der Waals surface area (Å²) >= 11 is 1.38. The van der Waals surface area contributed by atoms with Gasteiger partial charge < -0.3 is 48.7 Å². The molecule has 4 rings (SSSR count). The van der Waals surface area contributed by atoms with Crippen LogP contribution in [-0.2, 0) is 45.7 Å². The van der Waals surface area contributed by atoms with Crippen molar-refractivity contribution in [2.75, 3.05) is 25.4 Å². The minimum atomic E-state index is -1.16. The van der Waals surface area contributed by atoms with Gasteiger partial charge >= 0.3 is 0 Å². The van der Waals surface area contributed by atoms with E-state index in [1.807, 2.05) is 24.3 Å². The standard InChI is InChI=1S/C40H62N10O7S/c1-40(2,3)33(34(41)53)49-35(54)27(14-8-17-45-39(42)43)46-36(55)28-23-58-22-25-11-7-10-24(20-25)21-30(51)44-18-16-31(52)50-19-9-15-29(50)37(56)48-32(38(57)47-28)26-12-5-4-6-13-26/h7,10-11,20,26-29,32-33H,4-6,8-9,12-19,21-23H2,1-3H3,(H2,41,53)(H,44,51)(H,46,55)(H,47,57)(H,48,56)(H,49,54)(H4,42,43,45)/t27-,28-,29-,32?,33+/m0/s1. The van der Waals surface area contributed by atoms with E-state index in [0.717, 1.165) is 30.4 Å². The van der Waals surface area contributed by atoms with Gasteiger partial charge in [-0.2, -0.15) is 11.8 Å². The van der Waals surface area contributed by atoms with E-state index in [4.69, 9.17) is 17.2 Å². The van der Waals surface area contributed by atoms with Gasteiger partial charge in [-0.05, 0) is 61.0 Å². The van der Waals surface area contributed by atoms with E-state index in [0.29, 0.717) is 44.4 Å². The van der Waals surface area contributed by atoms with E-state index in [-0.39, 0.29) is 61.8 Å². The van der Waals surface area contributed by atoms with Gasteiger partial charge in [-0.3, -0.25) is 38.6 Å². The Kier molecular flexibility index (Phi) is 17.2. The lowest BCUT2D eigenvalue weighted by atomic mass is 9.83. The van der Waals surface area contributed by atoms with Crippen LogP contribution in [0.3, 0.4) is 0 Å². The van der Waals surface area contributed by atoms with Crippen molar-refractivity contribution in [1.82, 2.24) is 31.5 Å². The second-order valence-electron chi connectivity index (χ2n) is 16.5. The number of thioether (sulfide) groups is 1. The quantitative estimate of drug-likeness (QED) is 0.0894. The molecule has 17 nitrogen and oxygen atoms in total. The molecule has 2 aliphatic heterocycles. The molecule has 0 spiro atoms. The number of aliphatic imine (C=N–C) groups is 1. The summed E-state index contributed by atoms with van der Waals surface area (Å²) in [6, 6.07) is 2.35. The Bertz CT molecular complexity index is 1670. The van der Waals surface area contributed by atoms with Crippen LogP contribution in [0.15, 0.2) is 29.3 Å². The number of fused-ring (bicyclic) bond motifs is 3. The first-order valence-corrected chi connectivity index (χ1v) is 21.5. The monoisotopic (exact) mass is 826 g/mol. The van der Waals surface area contributed by atoms with Gasteiger partial charge in [0.1, 0.15) is 30.2 Å². The summed E-state index contributed by atoms with van der Waals surface area (Å²) in [4.78, 5) is 100. The van der Waals surface area contributed by atoms with Crippen LogP contribution in [0, 0.1) is 11.3 Å². The molecule has 320 valence electrons. The molecule has 11 N–H and O–H groups in total. The molecule has 1 aliphatic carbocycles. The van der Waals surface area contributed by atoms with Crippen LogP contribution in [0.1, 0.15) is 96.1 Å². The minimum absolute atomic E-state index is 0.0300. The van der Waals surface area contributed by atoms with Crippen molar-refractivity contribution >= 4 is 59.1 Å². The Balaban J connectivity index is 1.66. The number of benzene rings is 1. The second-order valence-corrected chi connectivity index (χ2v) is 17.6. The lowest BCUT2D eigenvalue weighted by Crippen LogP contribution is -2.61. The van der Waals surface area contributed by atoms with Gasteiger partial charge in [0.2, 0.25) is 41.4 Å². The minimum Gasteiger partial charge on any atom is -0.370 e. The number of nitrogens with one attached hydrogen (secondary N) is 5. The van der Waals surface area contributed by atoms with Crippen molar-refractivity contribution in [3.05, 3.63) is 35.4 Å². The molecule has 18 heteroatoms. The van der Waals surface area contributed by atoms with Gasteiger partial charge in [0, 0.05) is 37.6 Å². The summed E-state index contributed by atoms with van der Waals surface area (Å²) in [5, 5.41) is 14.2. The fraction of sp³-hybridized carbons (Fsp3) is 0.650. The zero-order valence-electron chi connectivity index (χ0n) is 34.0. The number of hydrogen-bond donors (Lipinski definition) is 8. The predicted molar refractivity (Wildman–Crippen MR) is 222 cm³/mol. The largest absolute Gasteiger partial charge is 0.370 e. The van der Waals surface area contributed by atoms with E-state index >= 15 is 0 Å². The molecule has 2 fully saturated rings. The van der Waals surface area contributed by atoms with Gasteiger partial charge in [-0.25, -0.2) is 0 Å². The predicted octanol–water partition coefficient (Wildman–Crippen LogP) is 0.0777. The molecule has 1 saturated heterocycles. The smallest absolute Gasteiger partial charge is 0.244 e. The lowest BCUT2D eigenvalue weighted by molar-refractivity contribution is -0.140. The van der Waals surface area contributed by atoms with E-state index in [2.05, 4.69) is 31.6 Å². The number of nitrogens with zero attached hydrogens (tertiary/aromatic N) is 2. The molecule has 1 aromatic rings. The van der Waals surface area contributed by atoms with Gasteiger partial charge in [-0.1, -0.05) is 64.3 Å². The van der Waals surface area contributed by atoms with Crippen molar-refractivity contribution in [3.63, 3.8) is 0 Å². The van der Waals surface area contributed by atoms with Crippen LogP contribution in [0.25, 0.3) is 0 Å². The fourth-order valence-corrected chi connectivity index (χ4v) is 8.73. The molecule has 58 heavy (non-hydrogen) atoms. The van der Waals surface area contributed by atoms with Crippen LogP contribution < -0.4 is 43.8 Å². The first kappa shape index (κ1) is 45.8. The maximum atomic E-state index is 14.4. The summed E-state index contributed by atoms with van der Waals surface area (Å²) < 4.78 is 0. The van der Waals surface area contributed by atoms with Crippen LogP contribution >= 0.6 is 11.8 Å². The number of hydrogen-bond acceptors (Lipinski definition) is 9. The van der Waals surface area contributed by atoms with Crippen LogP contribution in [-0.4, -0.2) is 108 Å². The third-order valence-electron chi connectivity index (χ3n) is 10.8. The highest BCUT2D eigenvalue weighted by Crippen LogP contribution is 2.28. The Hall–Kier alpha value is -4.87. The Morgan fingerprint density at radius 3 is 2.36 bits per heavy atom. The number of amides is 7. The van der Waals surface area contributed by atoms with E-state index in [1.165, 1.54) is 16.7 Å². The third-order valence-corrected chi connectivity index (χ3v) is 11.9. The fourth-order valence-electron chi connectivity index (χ4n) is 7.72. The Morgan fingerprint density at radius 2 is 1.67 bits per heavy atom. The topological polar surface area (TPSA) is 273 Å². The molecule has 2 bridgehead atoms. The number of carbonyl (C=O) groups is 7. The second kappa shape index (κ2) is 21.8. The highest BCUT2D eigenvalue weighted by atomic mass is 32.2. The maximum absolute atomic E-state index is 14.4. The number of rotatable bonds is 10. The molecule has 0 radical (unpaired) electrons. The van der Waals surface area contributed by atoms with Crippen molar-refractivity contribution in [3.8, 4) is 0 Å². The van der Waals surface area contributed by atoms with Gasteiger partial charge in [0.05, 0.1) is 6.42 Å². The molecule has 0 aromatic heterocycles. The summed E-state index contributed by atoms with van der Waals surface area (Å²) in [6.07, 6.45) is 5.70. The average Bonchev–Trinajstić information content (AvgIpc) is 3.66. The summed E-state index contributed by atoms with van der Waals surface area (Å²) in [5.41, 5.74) is 17.6. The number of guanidine groups is 1. The summed E-state index contributed by atoms with van der Waals surface area (Å²) in [6.45, 7) is 5.94. The summed E-state index contributed by atoms with van der Waals surface area (Å²) in [7, 11) is 0. The van der Waals surface area contributed by atoms with Gasteiger partial charge in [0.25, 0.3) is 0 Å². The molecular weight excluding hydrogens is 765 g/mol. The number of primary amides is 1. The maximum Gasteiger partial charge on any atom is 0.244 e. The zero-order valence-corrected chi connectivity index (χ0v) is 34.8. The number of nitrogens with two attached hydrogens (primary N) is 3. The van der Waals surface area contributed by atoms with Gasteiger partial charge in [-0.15, -0.1) is 0 Å². The Morgan fingerprint density at radius 1 is 0.948 bits per heavy atom. The highest BCUT2D eigenvalue weighted by Gasteiger charge is 2.40. The van der Waals surface area contributed by atoms with Crippen LogP contribution in [0.2, 0.25) is 0 Å². The molecule has 1 aromatic carbocycles. The highest BCUT2D eigenvalue weighted by molar-refractivity contribution is 7.98. The molecule has 5 atom stereocenters. The zero-order chi connectivity index (χ0) is 42.4. The average molecular weight is 827 g/mol. The normalized spacial score (nSPS) is 22.9. The Labute approximate surface area is 344 Å². The molecular formula is C40H62N10O7S. The van der Waals surface area contributed by atoms with Crippen LogP contribution in [0.5, 0.6) is 0 Å². The SMILES string of the molecule is CC(C)(C)[C@H](NC(=O)[C@H](CCCN=C(N)N)NC(=O)[C@@H]1CSCc2cccc(c2)CC(=O)NCCC(=O)N2CCC[C@H]2C(=O)NC(C2CCCCC2)C(=O)N1)C(N)=O.